The number of aromatic amines is 1. The topological polar surface area (TPSA) is 75.3 Å². The van der Waals surface area contributed by atoms with E-state index in [1.54, 1.807) is 20.0 Å². The monoisotopic (exact) mass is 421 g/mol. The summed E-state index contributed by atoms with van der Waals surface area (Å²) in [6.45, 7) is 7.89. The Bertz CT molecular complexity index is 1190. The fourth-order valence-corrected chi connectivity index (χ4v) is 4.02. The highest BCUT2D eigenvalue weighted by Gasteiger charge is 2.37. The summed E-state index contributed by atoms with van der Waals surface area (Å²) >= 11 is 0. The zero-order valence-electron chi connectivity index (χ0n) is 17.9. The second kappa shape index (κ2) is 7.65. The molecule has 160 valence electrons. The number of H-pyrrole nitrogens is 1. The van der Waals surface area contributed by atoms with Gasteiger partial charge in [-0.15, -0.1) is 0 Å². The van der Waals surface area contributed by atoms with Gasteiger partial charge in [0.15, 0.2) is 0 Å². The third kappa shape index (κ3) is 3.83. The number of hydrogen-bond acceptors (Lipinski definition) is 4. The summed E-state index contributed by atoms with van der Waals surface area (Å²) in [4.78, 5) is 35.5. The van der Waals surface area contributed by atoms with Crippen LogP contribution >= 0.6 is 0 Å². The Morgan fingerprint density at radius 1 is 1.19 bits per heavy atom. The van der Waals surface area contributed by atoms with Gasteiger partial charge in [-0.2, -0.15) is 0 Å². The van der Waals surface area contributed by atoms with Crippen LogP contribution in [0.2, 0.25) is 0 Å². The van der Waals surface area contributed by atoms with E-state index in [2.05, 4.69) is 9.97 Å². The molecule has 0 saturated heterocycles. The van der Waals surface area contributed by atoms with Gasteiger partial charge in [0.2, 0.25) is 0 Å². The van der Waals surface area contributed by atoms with Crippen molar-refractivity contribution in [1.29, 1.82) is 0 Å². The Morgan fingerprint density at radius 3 is 2.58 bits per heavy atom. The molecule has 0 spiro atoms. The SMILES string of the molecule is CC(C)OC(=O)C1=CN(C(=O)c2ccc(F)cc2)CC(C)(C)c2c1[nH]c1ncccc21. The van der Waals surface area contributed by atoms with E-state index in [9.17, 15) is 14.0 Å². The molecule has 1 aliphatic rings. The number of aromatic nitrogens is 2. The molecule has 7 heteroatoms. The van der Waals surface area contributed by atoms with E-state index in [0.717, 1.165) is 10.9 Å². The molecule has 1 aliphatic heterocycles. The summed E-state index contributed by atoms with van der Waals surface area (Å²) in [6, 6.07) is 9.16. The first-order valence-corrected chi connectivity index (χ1v) is 10.1. The first kappa shape index (κ1) is 20.8. The number of benzene rings is 1. The van der Waals surface area contributed by atoms with Crippen LogP contribution in [0.15, 0.2) is 48.8 Å². The van der Waals surface area contributed by atoms with Crippen LogP contribution in [0.3, 0.4) is 0 Å². The van der Waals surface area contributed by atoms with Gasteiger partial charge in [-0.05, 0) is 55.8 Å². The maximum atomic E-state index is 13.3. The van der Waals surface area contributed by atoms with Gasteiger partial charge in [0.1, 0.15) is 11.5 Å². The molecule has 0 aliphatic carbocycles. The predicted octanol–water partition coefficient (Wildman–Crippen LogP) is 4.43. The number of nitrogens with zero attached hydrogens (tertiary/aromatic N) is 2. The van der Waals surface area contributed by atoms with E-state index >= 15 is 0 Å². The average molecular weight is 421 g/mol. The maximum absolute atomic E-state index is 13.3. The van der Waals surface area contributed by atoms with Crippen LogP contribution < -0.4 is 0 Å². The van der Waals surface area contributed by atoms with Crippen molar-refractivity contribution in [3.05, 3.63) is 71.4 Å². The van der Waals surface area contributed by atoms with Crippen molar-refractivity contribution >= 4 is 28.5 Å². The minimum Gasteiger partial charge on any atom is -0.459 e. The lowest BCUT2D eigenvalue weighted by Crippen LogP contribution is -2.37. The number of carbonyl (C=O) groups excluding carboxylic acids is 2. The first-order valence-electron chi connectivity index (χ1n) is 10.1. The molecule has 1 amide bonds. The molecular formula is C24H24FN3O3. The zero-order chi connectivity index (χ0) is 22.3. The average Bonchev–Trinajstić information content (AvgIpc) is 3.05. The van der Waals surface area contributed by atoms with E-state index < -0.39 is 17.2 Å². The number of hydrogen-bond donors (Lipinski definition) is 1. The van der Waals surface area contributed by atoms with Crippen molar-refractivity contribution in [3.63, 3.8) is 0 Å². The second-order valence-corrected chi connectivity index (χ2v) is 8.60. The lowest BCUT2D eigenvalue weighted by Gasteiger charge is -2.29. The normalized spacial score (nSPS) is 15.4. The molecule has 0 saturated carbocycles. The van der Waals surface area contributed by atoms with Gasteiger partial charge in [0.25, 0.3) is 5.91 Å². The second-order valence-electron chi connectivity index (χ2n) is 8.60. The quantitative estimate of drug-likeness (QED) is 0.635. The first-order chi connectivity index (χ1) is 14.7. The van der Waals surface area contributed by atoms with Gasteiger partial charge in [0, 0.05) is 35.3 Å². The van der Waals surface area contributed by atoms with Gasteiger partial charge in [0.05, 0.1) is 17.4 Å². The maximum Gasteiger partial charge on any atom is 0.342 e. The number of fused-ring (bicyclic) bond motifs is 3. The van der Waals surface area contributed by atoms with E-state index in [0.29, 0.717) is 23.4 Å². The fraction of sp³-hybridized carbons (Fsp3) is 0.292. The Morgan fingerprint density at radius 2 is 1.90 bits per heavy atom. The molecule has 0 fully saturated rings. The number of pyridine rings is 1. The predicted molar refractivity (Wildman–Crippen MR) is 116 cm³/mol. The van der Waals surface area contributed by atoms with E-state index in [1.165, 1.54) is 35.4 Å². The Labute approximate surface area is 179 Å². The van der Waals surface area contributed by atoms with E-state index in [1.807, 2.05) is 26.0 Å². The fourth-order valence-electron chi connectivity index (χ4n) is 4.02. The number of ether oxygens (including phenoxy) is 1. The number of rotatable bonds is 3. The molecule has 2 aromatic heterocycles. The third-order valence-electron chi connectivity index (χ3n) is 5.28. The number of halogens is 1. The highest BCUT2D eigenvalue weighted by atomic mass is 19.1. The Kier molecular flexibility index (Phi) is 5.13. The third-order valence-corrected chi connectivity index (χ3v) is 5.28. The van der Waals surface area contributed by atoms with Crippen molar-refractivity contribution in [2.24, 2.45) is 0 Å². The summed E-state index contributed by atoms with van der Waals surface area (Å²) < 4.78 is 18.8. The van der Waals surface area contributed by atoms with Gasteiger partial charge >= 0.3 is 5.97 Å². The number of carbonyl (C=O) groups is 2. The van der Waals surface area contributed by atoms with E-state index in [-0.39, 0.29) is 17.6 Å². The molecule has 6 nitrogen and oxygen atoms in total. The molecule has 0 radical (unpaired) electrons. The van der Waals surface area contributed by atoms with Crippen LogP contribution in [0.4, 0.5) is 4.39 Å². The van der Waals surface area contributed by atoms with Crippen LogP contribution in [0.25, 0.3) is 16.6 Å². The largest absolute Gasteiger partial charge is 0.459 e. The highest BCUT2D eigenvalue weighted by molar-refractivity contribution is 6.18. The van der Waals surface area contributed by atoms with Gasteiger partial charge < -0.3 is 14.6 Å². The minimum atomic E-state index is -0.530. The molecule has 1 N–H and O–H groups in total. The Balaban J connectivity index is 1.89. The highest BCUT2D eigenvalue weighted by Crippen LogP contribution is 2.40. The van der Waals surface area contributed by atoms with Gasteiger partial charge in [-0.3, -0.25) is 4.79 Å². The van der Waals surface area contributed by atoms with Crippen molar-refractivity contribution in [2.45, 2.75) is 39.2 Å². The van der Waals surface area contributed by atoms with Crippen LogP contribution in [0.1, 0.15) is 49.3 Å². The smallest absolute Gasteiger partial charge is 0.342 e. The van der Waals surface area contributed by atoms with Crippen molar-refractivity contribution in [1.82, 2.24) is 14.9 Å². The molecule has 0 bridgehead atoms. The summed E-state index contributed by atoms with van der Waals surface area (Å²) in [5.41, 5.74) is 2.24. The molecule has 1 aromatic carbocycles. The van der Waals surface area contributed by atoms with Crippen LogP contribution in [-0.2, 0) is 14.9 Å². The van der Waals surface area contributed by atoms with Crippen molar-refractivity contribution in [3.8, 4) is 0 Å². The van der Waals surface area contributed by atoms with Gasteiger partial charge in [-0.25, -0.2) is 14.2 Å². The van der Waals surface area contributed by atoms with Crippen molar-refractivity contribution in [2.75, 3.05) is 6.54 Å². The molecular weight excluding hydrogens is 397 g/mol. The molecule has 3 heterocycles. The number of amides is 1. The Hall–Kier alpha value is -3.48. The summed E-state index contributed by atoms with van der Waals surface area (Å²) in [5, 5.41) is 0.891. The lowest BCUT2D eigenvalue weighted by atomic mass is 9.82. The summed E-state index contributed by atoms with van der Waals surface area (Å²) in [6.07, 6.45) is 2.89. The molecule has 4 rings (SSSR count). The van der Waals surface area contributed by atoms with E-state index in [4.69, 9.17) is 4.74 Å². The summed E-state index contributed by atoms with van der Waals surface area (Å²) in [7, 11) is 0. The summed E-state index contributed by atoms with van der Waals surface area (Å²) in [5.74, 6) is -1.27. The molecule has 31 heavy (non-hydrogen) atoms. The number of nitrogens with one attached hydrogen (secondary N) is 1. The molecule has 0 unspecified atom stereocenters. The molecule has 3 aromatic rings. The van der Waals surface area contributed by atoms with Gasteiger partial charge in [-0.1, -0.05) is 13.8 Å². The van der Waals surface area contributed by atoms with Crippen LogP contribution in [0, 0.1) is 5.82 Å². The standard InChI is InChI=1S/C24H24FN3O3/c1-14(2)31-23(30)18-12-28(22(29)15-7-9-16(25)10-8-15)13-24(3,4)19-17-6-5-11-26-21(17)27-20(18)19/h5-12,14H,13H2,1-4H3,(H,26,27). The van der Waals surface area contributed by atoms with Crippen LogP contribution in [0.5, 0.6) is 0 Å². The molecule has 0 atom stereocenters. The minimum absolute atomic E-state index is 0.253. The van der Waals surface area contributed by atoms with Crippen LogP contribution in [-0.4, -0.2) is 39.4 Å². The number of esters is 1. The van der Waals surface area contributed by atoms with Crippen molar-refractivity contribution < 1.29 is 18.7 Å². The lowest BCUT2D eigenvalue weighted by molar-refractivity contribution is -0.140. The zero-order valence-corrected chi connectivity index (χ0v) is 17.9.